The van der Waals surface area contributed by atoms with Gasteiger partial charge in [-0.2, -0.15) is 0 Å². The van der Waals surface area contributed by atoms with Crippen LogP contribution < -0.4 is 0 Å². The molecule has 0 radical (unpaired) electrons. The van der Waals surface area contributed by atoms with Gasteiger partial charge in [0.25, 0.3) is 5.91 Å². The molecule has 3 amide bonds. The first-order chi connectivity index (χ1) is 11.8. The molecule has 7 heteroatoms. The first-order valence-corrected chi connectivity index (χ1v) is 8.67. The van der Waals surface area contributed by atoms with Gasteiger partial charge in [-0.05, 0) is 32.3 Å². The van der Waals surface area contributed by atoms with Crippen molar-refractivity contribution in [3.05, 3.63) is 23.7 Å². The van der Waals surface area contributed by atoms with Crippen molar-refractivity contribution in [2.45, 2.75) is 26.2 Å². The molecule has 1 aromatic heterocycles. The van der Waals surface area contributed by atoms with Crippen LogP contribution in [0.1, 0.15) is 35.4 Å². The minimum absolute atomic E-state index is 0.0359. The fraction of sp³-hybridized carbons (Fsp3) is 0.611. The van der Waals surface area contributed by atoms with Crippen molar-refractivity contribution in [1.29, 1.82) is 0 Å². The molecule has 1 aromatic rings. The van der Waals surface area contributed by atoms with Crippen LogP contribution in [0.5, 0.6) is 0 Å². The first-order valence-electron chi connectivity index (χ1n) is 8.67. The van der Waals surface area contributed by atoms with E-state index in [4.69, 9.17) is 4.42 Å². The Morgan fingerprint density at radius 1 is 1.20 bits per heavy atom. The molecule has 3 heterocycles. The minimum Gasteiger partial charge on any atom is -0.469 e. The highest BCUT2D eigenvalue weighted by molar-refractivity contribution is 5.95. The van der Waals surface area contributed by atoms with E-state index in [0.717, 1.165) is 6.42 Å². The number of hydrogen-bond donors (Lipinski definition) is 0. The summed E-state index contributed by atoms with van der Waals surface area (Å²) in [5.74, 6) is 0.588. The summed E-state index contributed by atoms with van der Waals surface area (Å²) in [4.78, 5) is 42.3. The number of likely N-dealkylation sites (tertiary alicyclic amines) is 2. The number of furan rings is 1. The summed E-state index contributed by atoms with van der Waals surface area (Å²) in [5, 5.41) is 0. The molecule has 2 aliphatic heterocycles. The highest BCUT2D eigenvalue weighted by atomic mass is 16.3. The fourth-order valence-corrected chi connectivity index (χ4v) is 3.73. The zero-order valence-electron chi connectivity index (χ0n) is 15.1. The lowest BCUT2D eigenvalue weighted by Crippen LogP contribution is -2.47. The second-order valence-corrected chi connectivity index (χ2v) is 7.23. The van der Waals surface area contributed by atoms with Crippen LogP contribution >= 0.6 is 0 Å². The van der Waals surface area contributed by atoms with E-state index in [1.54, 1.807) is 36.9 Å². The zero-order chi connectivity index (χ0) is 18.2. The van der Waals surface area contributed by atoms with E-state index in [2.05, 4.69) is 0 Å². The maximum atomic E-state index is 12.8. The molecule has 0 aromatic carbocycles. The van der Waals surface area contributed by atoms with Gasteiger partial charge in [-0.15, -0.1) is 0 Å². The molecule has 0 bridgehead atoms. The predicted molar refractivity (Wildman–Crippen MR) is 90.9 cm³/mol. The zero-order valence-corrected chi connectivity index (χ0v) is 15.1. The summed E-state index contributed by atoms with van der Waals surface area (Å²) < 4.78 is 5.21. The van der Waals surface area contributed by atoms with Crippen molar-refractivity contribution in [2.75, 3.05) is 40.3 Å². The molecule has 0 N–H and O–H groups in total. The molecule has 136 valence electrons. The number of nitrogens with zero attached hydrogens (tertiary/aromatic N) is 3. The van der Waals surface area contributed by atoms with E-state index in [-0.39, 0.29) is 24.3 Å². The van der Waals surface area contributed by atoms with E-state index in [1.807, 2.05) is 0 Å². The van der Waals surface area contributed by atoms with Crippen LogP contribution in [0, 0.1) is 12.3 Å². The largest absolute Gasteiger partial charge is 0.469 e. The van der Waals surface area contributed by atoms with Gasteiger partial charge < -0.3 is 19.1 Å². The highest BCUT2D eigenvalue weighted by Crippen LogP contribution is 2.41. The Morgan fingerprint density at radius 2 is 1.84 bits per heavy atom. The van der Waals surface area contributed by atoms with Crippen LogP contribution in [0.4, 0.5) is 0 Å². The third kappa shape index (κ3) is 3.15. The molecular formula is C18H25N3O4. The molecule has 0 aliphatic carbocycles. The van der Waals surface area contributed by atoms with Crippen LogP contribution in [0.25, 0.3) is 0 Å². The highest BCUT2D eigenvalue weighted by Gasteiger charge is 2.49. The van der Waals surface area contributed by atoms with Gasteiger partial charge in [-0.1, -0.05) is 0 Å². The molecule has 0 atom stereocenters. The van der Waals surface area contributed by atoms with Gasteiger partial charge in [0.2, 0.25) is 11.8 Å². The monoisotopic (exact) mass is 347 g/mol. The van der Waals surface area contributed by atoms with Gasteiger partial charge in [0.15, 0.2) is 0 Å². The number of amides is 3. The fourth-order valence-electron chi connectivity index (χ4n) is 3.73. The van der Waals surface area contributed by atoms with E-state index in [9.17, 15) is 14.4 Å². The third-order valence-electron chi connectivity index (χ3n) is 5.52. The molecule has 2 aliphatic rings. The van der Waals surface area contributed by atoms with Crippen molar-refractivity contribution in [3.8, 4) is 0 Å². The molecule has 3 rings (SSSR count). The summed E-state index contributed by atoms with van der Waals surface area (Å²) in [7, 11) is 3.39. The van der Waals surface area contributed by atoms with Crippen LogP contribution in [0.3, 0.4) is 0 Å². The van der Waals surface area contributed by atoms with Gasteiger partial charge in [0, 0.05) is 33.7 Å². The van der Waals surface area contributed by atoms with Gasteiger partial charge in [0.05, 0.1) is 23.8 Å². The Hall–Kier alpha value is -2.31. The SMILES string of the molecule is Cc1occc1C(=O)N1CCC2(CC1)CCN(CC(=O)N(C)C)C2=O. The normalized spacial score (nSPS) is 19.6. The predicted octanol–water partition coefficient (Wildman–Crippen LogP) is 1.13. The summed E-state index contributed by atoms with van der Waals surface area (Å²) in [6, 6.07) is 1.69. The van der Waals surface area contributed by atoms with Crippen LogP contribution in [0.15, 0.2) is 16.7 Å². The lowest BCUT2D eigenvalue weighted by atomic mass is 9.77. The molecule has 7 nitrogen and oxygen atoms in total. The second-order valence-electron chi connectivity index (χ2n) is 7.23. The van der Waals surface area contributed by atoms with E-state index in [0.29, 0.717) is 43.8 Å². The van der Waals surface area contributed by atoms with Crippen LogP contribution in [0.2, 0.25) is 0 Å². The summed E-state index contributed by atoms with van der Waals surface area (Å²) in [6.45, 7) is 3.66. The minimum atomic E-state index is -0.408. The average Bonchev–Trinajstić information content (AvgIpc) is 3.14. The summed E-state index contributed by atoms with van der Waals surface area (Å²) in [5.41, 5.74) is 0.182. The van der Waals surface area contributed by atoms with Gasteiger partial charge in [0.1, 0.15) is 5.76 Å². The topological polar surface area (TPSA) is 74.1 Å². The molecular weight excluding hydrogens is 322 g/mol. The molecule has 2 fully saturated rings. The molecule has 1 spiro atoms. The standard InChI is InChI=1S/C18H25N3O4/c1-13-14(4-11-25-13)16(23)20-8-5-18(6-9-20)7-10-21(17(18)24)12-15(22)19(2)3/h4,11H,5-10,12H2,1-3H3. The number of rotatable bonds is 3. The van der Waals surface area contributed by atoms with Crippen molar-refractivity contribution in [2.24, 2.45) is 5.41 Å². The van der Waals surface area contributed by atoms with E-state index < -0.39 is 5.41 Å². The van der Waals surface area contributed by atoms with Crippen molar-refractivity contribution >= 4 is 17.7 Å². The summed E-state index contributed by atoms with van der Waals surface area (Å²) in [6.07, 6.45) is 3.59. The Kier molecular flexibility index (Phi) is 4.58. The van der Waals surface area contributed by atoms with Gasteiger partial charge in [-0.3, -0.25) is 14.4 Å². The van der Waals surface area contributed by atoms with E-state index in [1.165, 1.54) is 11.2 Å². The van der Waals surface area contributed by atoms with Crippen molar-refractivity contribution in [3.63, 3.8) is 0 Å². The third-order valence-corrected chi connectivity index (χ3v) is 5.52. The van der Waals surface area contributed by atoms with Crippen LogP contribution in [-0.4, -0.2) is 72.7 Å². The summed E-state index contributed by atoms with van der Waals surface area (Å²) >= 11 is 0. The number of carbonyl (C=O) groups is 3. The van der Waals surface area contributed by atoms with Crippen molar-refractivity contribution < 1.29 is 18.8 Å². The number of hydrogen-bond acceptors (Lipinski definition) is 4. The number of carbonyl (C=O) groups excluding carboxylic acids is 3. The van der Waals surface area contributed by atoms with Crippen LogP contribution in [-0.2, 0) is 9.59 Å². The van der Waals surface area contributed by atoms with E-state index >= 15 is 0 Å². The Balaban J connectivity index is 1.62. The molecule has 0 unspecified atom stereocenters. The Morgan fingerprint density at radius 3 is 2.40 bits per heavy atom. The van der Waals surface area contributed by atoms with Crippen molar-refractivity contribution in [1.82, 2.24) is 14.7 Å². The average molecular weight is 347 g/mol. The quantitative estimate of drug-likeness (QED) is 0.822. The molecule has 25 heavy (non-hydrogen) atoms. The lowest BCUT2D eigenvalue weighted by molar-refractivity contribution is -0.142. The first kappa shape index (κ1) is 17.5. The maximum Gasteiger partial charge on any atom is 0.257 e. The molecule has 2 saturated heterocycles. The molecule has 0 saturated carbocycles. The number of piperidine rings is 1. The number of likely N-dealkylation sites (N-methyl/N-ethyl adjacent to an activating group) is 1. The Bertz CT molecular complexity index is 686. The lowest BCUT2D eigenvalue weighted by Gasteiger charge is -2.38. The maximum absolute atomic E-state index is 12.8. The number of aryl methyl sites for hydroxylation is 1. The van der Waals surface area contributed by atoms with Gasteiger partial charge in [-0.25, -0.2) is 0 Å². The smallest absolute Gasteiger partial charge is 0.257 e. The Labute approximate surface area is 147 Å². The van der Waals surface area contributed by atoms with Gasteiger partial charge >= 0.3 is 0 Å². The second kappa shape index (κ2) is 6.54.